The maximum atomic E-state index is 3.79. The molecule has 0 aliphatic heterocycles. The monoisotopic (exact) mass is 174 g/mol. The van der Waals surface area contributed by atoms with Gasteiger partial charge in [-0.05, 0) is 24.3 Å². The van der Waals surface area contributed by atoms with E-state index in [4.69, 9.17) is 0 Å². The number of rotatable bonds is 3. The molecule has 0 radical (unpaired) electrons. The van der Waals surface area contributed by atoms with Crippen LogP contribution >= 0.6 is 0 Å². The molecule has 70 valence electrons. The fourth-order valence-electron chi connectivity index (χ4n) is 1.54. The second kappa shape index (κ2) is 3.78. The summed E-state index contributed by atoms with van der Waals surface area (Å²) in [5.41, 5.74) is 2.94. The third-order valence-electron chi connectivity index (χ3n) is 2.45. The molecule has 0 aromatic heterocycles. The largest absolute Gasteiger partial charge is 0.103 e. The van der Waals surface area contributed by atoms with Gasteiger partial charge in [0, 0.05) is 0 Å². The zero-order chi connectivity index (χ0) is 9.90. The first-order valence-corrected chi connectivity index (χ1v) is 4.74. The molecule has 0 atom stereocenters. The van der Waals surface area contributed by atoms with Crippen molar-refractivity contribution in [1.29, 1.82) is 0 Å². The number of hydrogen-bond acceptors (Lipinski definition) is 0. The van der Waals surface area contributed by atoms with E-state index in [-0.39, 0.29) is 5.41 Å². The van der Waals surface area contributed by atoms with Crippen molar-refractivity contribution in [2.45, 2.75) is 32.6 Å². The van der Waals surface area contributed by atoms with E-state index in [9.17, 15) is 0 Å². The lowest BCUT2D eigenvalue weighted by molar-refractivity contribution is 0.534. The summed E-state index contributed by atoms with van der Waals surface area (Å²) in [5, 5.41) is 0. The van der Waals surface area contributed by atoms with E-state index in [1.807, 2.05) is 6.08 Å². The van der Waals surface area contributed by atoms with Crippen LogP contribution in [0.1, 0.15) is 31.4 Å². The maximum Gasteiger partial charge on any atom is -0.00691 e. The molecule has 0 unspecified atom stereocenters. The van der Waals surface area contributed by atoms with Gasteiger partial charge in [-0.15, -0.1) is 6.58 Å². The Balaban J connectivity index is 2.99. The number of allylic oxidation sites excluding steroid dienone is 1. The second-order valence-corrected chi connectivity index (χ2v) is 4.25. The average molecular weight is 174 g/mol. The van der Waals surface area contributed by atoms with Crippen LogP contribution in [0.2, 0.25) is 0 Å². The Labute approximate surface area is 81.3 Å². The summed E-state index contributed by atoms with van der Waals surface area (Å²) in [6.45, 7) is 10.4. The Morgan fingerprint density at radius 2 is 2.08 bits per heavy atom. The molecular weight excluding hydrogens is 156 g/mol. The molecule has 0 fully saturated rings. The molecule has 0 heteroatoms. The molecule has 0 saturated heterocycles. The first kappa shape index (κ1) is 10.0. The van der Waals surface area contributed by atoms with Gasteiger partial charge in [0.15, 0.2) is 0 Å². The van der Waals surface area contributed by atoms with Crippen molar-refractivity contribution in [3.63, 3.8) is 0 Å². The van der Waals surface area contributed by atoms with E-state index in [1.54, 1.807) is 0 Å². The fourth-order valence-corrected chi connectivity index (χ4v) is 1.54. The molecule has 13 heavy (non-hydrogen) atoms. The van der Waals surface area contributed by atoms with Gasteiger partial charge >= 0.3 is 0 Å². The third kappa shape index (κ3) is 2.45. The molecule has 0 bridgehead atoms. The summed E-state index contributed by atoms with van der Waals surface area (Å²) >= 11 is 0. The molecule has 0 saturated carbocycles. The minimum absolute atomic E-state index is 0.216. The first-order chi connectivity index (χ1) is 6.06. The van der Waals surface area contributed by atoms with Gasteiger partial charge in [-0.3, -0.25) is 0 Å². The molecule has 0 nitrogen and oxygen atoms in total. The zero-order valence-electron chi connectivity index (χ0n) is 8.80. The van der Waals surface area contributed by atoms with Gasteiger partial charge in [0.25, 0.3) is 0 Å². The lowest BCUT2D eigenvalue weighted by atomic mass is 9.81. The van der Waals surface area contributed by atoms with Crippen LogP contribution < -0.4 is 0 Å². The highest BCUT2D eigenvalue weighted by molar-refractivity contribution is 5.28. The predicted molar refractivity (Wildman–Crippen MR) is 59.0 cm³/mol. The van der Waals surface area contributed by atoms with Crippen molar-refractivity contribution in [3.8, 4) is 0 Å². The van der Waals surface area contributed by atoms with Crippen LogP contribution in [0, 0.1) is 6.92 Å². The lowest BCUT2D eigenvalue weighted by Crippen LogP contribution is -2.15. The van der Waals surface area contributed by atoms with Crippen molar-refractivity contribution in [3.05, 3.63) is 48.0 Å². The Hall–Kier alpha value is -1.04. The number of aryl methyl sites for hydroxylation is 1. The zero-order valence-corrected chi connectivity index (χ0v) is 8.80. The first-order valence-electron chi connectivity index (χ1n) is 4.74. The van der Waals surface area contributed by atoms with Crippen molar-refractivity contribution in [2.24, 2.45) is 0 Å². The van der Waals surface area contributed by atoms with E-state index >= 15 is 0 Å². The van der Waals surface area contributed by atoms with Crippen molar-refractivity contribution in [2.75, 3.05) is 0 Å². The summed E-state index contributed by atoms with van der Waals surface area (Å²) in [4.78, 5) is 0. The van der Waals surface area contributed by atoms with Crippen LogP contribution in [0.15, 0.2) is 36.9 Å². The lowest BCUT2D eigenvalue weighted by Gasteiger charge is -2.23. The highest BCUT2D eigenvalue weighted by Crippen LogP contribution is 2.27. The van der Waals surface area contributed by atoms with Crippen LogP contribution in [0.3, 0.4) is 0 Å². The van der Waals surface area contributed by atoms with Gasteiger partial charge in [0.1, 0.15) is 0 Å². The van der Waals surface area contributed by atoms with Crippen molar-refractivity contribution in [1.82, 2.24) is 0 Å². The third-order valence-corrected chi connectivity index (χ3v) is 2.45. The Bertz CT molecular complexity index is 295. The molecule has 0 heterocycles. The van der Waals surface area contributed by atoms with E-state index in [2.05, 4.69) is 51.6 Å². The Morgan fingerprint density at radius 3 is 2.62 bits per heavy atom. The Morgan fingerprint density at radius 1 is 1.38 bits per heavy atom. The van der Waals surface area contributed by atoms with E-state index in [1.165, 1.54) is 11.1 Å². The highest BCUT2D eigenvalue weighted by atomic mass is 14.2. The standard InChI is InChI=1S/C13H18/c1-5-9-13(3,4)12-8-6-7-11(2)10-12/h5-8,10H,1,9H2,2-4H3. The highest BCUT2D eigenvalue weighted by Gasteiger charge is 2.18. The van der Waals surface area contributed by atoms with Gasteiger partial charge in [0.2, 0.25) is 0 Å². The minimum Gasteiger partial charge on any atom is -0.103 e. The summed E-state index contributed by atoms with van der Waals surface area (Å²) in [6, 6.07) is 8.70. The molecular formula is C13H18. The van der Waals surface area contributed by atoms with Crippen LogP contribution in [0.5, 0.6) is 0 Å². The molecule has 0 aliphatic rings. The summed E-state index contributed by atoms with van der Waals surface area (Å²) in [6.07, 6.45) is 3.01. The summed E-state index contributed by atoms with van der Waals surface area (Å²) in [5.74, 6) is 0. The number of benzene rings is 1. The molecule has 1 rings (SSSR count). The van der Waals surface area contributed by atoms with Crippen LogP contribution in [0.4, 0.5) is 0 Å². The minimum atomic E-state index is 0.216. The molecule has 1 aromatic carbocycles. The van der Waals surface area contributed by atoms with Gasteiger partial charge in [-0.25, -0.2) is 0 Å². The predicted octanol–water partition coefficient (Wildman–Crippen LogP) is 3.85. The fraction of sp³-hybridized carbons (Fsp3) is 0.385. The molecule has 0 amide bonds. The topological polar surface area (TPSA) is 0 Å². The number of hydrogen-bond donors (Lipinski definition) is 0. The summed E-state index contributed by atoms with van der Waals surface area (Å²) < 4.78 is 0. The van der Waals surface area contributed by atoms with E-state index < -0.39 is 0 Å². The van der Waals surface area contributed by atoms with Gasteiger partial charge in [-0.2, -0.15) is 0 Å². The summed E-state index contributed by atoms with van der Waals surface area (Å²) in [7, 11) is 0. The second-order valence-electron chi connectivity index (χ2n) is 4.25. The smallest absolute Gasteiger partial charge is 0.00691 e. The van der Waals surface area contributed by atoms with Gasteiger partial charge in [0.05, 0.1) is 0 Å². The molecule has 0 spiro atoms. The van der Waals surface area contributed by atoms with Crippen molar-refractivity contribution < 1.29 is 0 Å². The van der Waals surface area contributed by atoms with Crippen molar-refractivity contribution >= 4 is 0 Å². The normalized spacial score (nSPS) is 11.3. The SMILES string of the molecule is C=CCC(C)(C)c1cccc(C)c1. The van der Waals surface area contributed by atoms with E-state index in [0.717, 1.165) is 6.42 Å². The van der Waals surface area contributed by atoms with Gasteiger partial charge in [-0.1, -0.05) is 49.8 Å². The van der Waals surface area contributed by atoms with Crippen LogP contribution in [0.25, 0.3) is 0 Å². The Kier molecular flexibility index (Phi) is 2.92. The van der Waals surface area contributed by atoms with Crippen LogP contribution in [-0.4, -0.2) is 0 Å². The van der Waals surface area contributed by atoms with Crippen LogP contribution in [-0.2, 0) is 5.41 Å². The van der Waals surface area contributed by atoms with E-state index in [0.29, 0.717) is 0 Å². The van der Waals surface area contributed by atoms with Gasteiger partial charge < -0.3 is 0 Å². The molecule has 0 aliphatic carbocycles. The quantitative estimate of drug-likeness (QED) is 0.611. The maximum absolute atomic E-state index is 3.79. The molecule has 1 aromatic rings. The average Bonchev–Trinajstić information content (AvgIpc) is 2.04. The molecule has 0 N–H and O–H groups in total.